The number of carbonyl (C=O) groups is 1. The molecule has 2 aliphatic carbocycles. The van der Waals surface area contributed by atoms with Crippen molar-refractivity contribution in [1.29, 1.82) is 0 Å². The zero-order chi connectivity index (χ0) is 10.6. The Hall–Kier alpha value is -1.32. The van der Waals surface area contributed by atoms with Gasteiger partial charge in [-0.3, -0.25) is 5.10 Å². The minimum absolute atomic E-state index is 0.179. The predicted octanol–water partition coefficient (Wildman–Crippen LogP) is 2.04. The Morgan fingerprint density at radius 2 is 2.20 bits per heavy atom. The summed E-state index contributed by atoms with van der Waals surface area (Å²) in [5.41, 5.74) is 2.50. The van der Waals surface area contributed by atoms with E-state index in [4.69, 9.17) is 5.11 Å². The first kappa shape index (κ1) is 8.95. The van der Waals surface area contributed by atoms with Gasteiger partial charge in [0.15, 0.2) is 5.69 Å². The van der Waals surface area contributed by atoms with Gasteiger partial charge in [-0.1, -0.05) is 6.92 Å². The molecule has 15 heavy (non-hydrogen) atoms. The van der Waals surface area contributed by atoms with Gasteiger partial charge in [0.2, 0.25) is 0 Å². The van der Waals surface area contributed by atoms with Crippen LogP contribution in [-0.4, -0.2) is 21.3 Å². The van der Waals surface area contributed by atoms with E-state index in [9.17, 15) is 4.79 Å². The predicted molar refractivity (Wildman–Crippen MR) is 54.1 cm³/mol. The van der Waals surface area contributed by atoms with Crippen LogP contribution >= 0.6 is 0 Å². The average Bonchev–Trinajstić information content (AvgIpc) is 3.09. The van der Waals surface area contributed by atoms with Crippen LogP contribution in [0.1, 0.15) is 60.3 Å². The SMILES string of the molecule is CC1(c2[nH]nc(C(=O)O)c2C2CC2)CC1. The van der Waals surface area contributed by atoms with Gasteiger partial charge in [0.1, 0.15) is 0 Å². The maximum Gasteiger partial charge on any atom is 0.356 e. The maximum atomic E-state index is 11.0. The number of aromatic carboxylic acids is 1. The molecule has 2 fully saturated rings. The third kappa shape index (κ3) is 1.28. The summed E-state index contributed by atoms with van der Waals surface area (Å²) in [6.45, 7) is 2.18. The Labute approximate surface area is 87.7 Å². The van der Waals surface area contributed by atoms with Crippen LogP contribution in [0.2, 0.25) is 0 Å². The first-order valence-corrected chi connectivity index (χ1v) is 5.44. The first-order chi connectivity index (χ1) is 7.12. The number of H-pyrrole nitrogens is 1. The summed E-state index contributed by atoms with van der Waals surface area (Å²) in [7, 11) is 0. The van der Waals surface area contributed by atoms with E-state index in [1.54, 1.807) is 0 Å². The number of nitrogens with one attached hydrogen (secondary N) is 1. The number of nitrogens with zero attached hydrogens (tertiary/aromatic N) is 1. The summed E-state index contributed by atoms with van der Waals surface area (Å²) in [6.07, 6.45) is 4.52. The van der Waals surface area contributed by atoms with E-state index in [1.807, 2.05) is 0 Å². The summed E-state index contributed by atoms with van der Waals surface area (Å²) in [4.78, 5) is 11.0. The zero-order valence-electron chi connectivity index (χ0n) is 8.71. The number of aromatic amines is 1. The van der Waals surface area contributed by atoms with E-state index in [1.165, 1.54) is 0 Å². The van der Waals surface area contributed by atoms with Crippen molar-refractivity contribution in [2.75, 3.05) is 0 Å². The van der Waals surface area contributed by atoms with Gasteiger partial charge in [0, 0.05) is 16.7 Å². The molecular weight excluding hydrogens is 192 g/mol. The molecule has 4 heteroatoms. The van der Waals surface area contributed by atoms with Crippen molar-refractivity contribution in [3.8, 4) is 0 Å². The standard InChI is InChI=1S/C11H14N2O2/c1-11(4-5-11)9-7(6-2-3-6)8(10(14)15)12-13-9/h6H,2-5H2,1H3,(H,12,13)(H,14,15). The monoisotopic (exact) mass is 206 g/mol. The molecule has 1 aromatic rings. The fraction of sp³-hybridized carbons (Fsp3) is 0.636. The highest BCUT2D eigenvalue weighted by molar-refractivity contribution is 5.88. The van der Waals surface area contributed by atoms with Gasteiger partial charge >= 0.3 is 5.97 Å². The van der Waals surface area contributed by atoms with Gasteiger partial charge in [-0.2, -0.15) is 5.10 Å². The van der Waals surface area contributed by atoms with E-state index in [0.29, 0.717) is 5.92 Å². The molecule has 1 aromatic heterocycles. The lowest BCUT2D eigenvalue weighted by Crippen LogP contribution is -2.06. The molecule has 0 spiro atoms. The van der Waals surface area contributed by atoms with E-state index in [-0.39, 0.29) is 11.1 Å². The Bertz CT molecular complexity index is 428. The largest absolute Gasteiger partial charge is 0.476 e. The number of rotatable bonds is 3. The second-order valence-corrected chi connectivity index (χ2v) is 5.00. The quantitative estimate of drug-likeness (QED) is 0.795. The summed E-state index contributed by atoms with van der Waals surface area (Å²) < 4.78 is 0. The molecular formula is C11H14N2O2. The normalized spacial score (nSPS) is 22.7. The van der Waals surface area contributed by atoms with Crippen LogP contribution in [0.5, 0.6) is 0 Å². The maximum absolute atomic E-state index is 11.0. The number of hydrogen-bond donors (Lipinski definition) is 2. The highest BCUT2D eigenvalue weighted by Gasteiger charge is 2.46. The van der Waals surface area contributed by atoms with Crippen LogP contribution in [0, 0.1) is 0 Å². The average molecular weight is 206 g/mol. The van der Waals surface area contributed by atoms with Crippen molar-refractivity contribution in [1.82, 2.24) is 10.2 Å². The lowest BCUT2D eigenvalue weighted by atomic mass is 9.96. The van der Waals surface area contributed by atoms with Crippen molar-refractivity contribution in [3.05, 3.63) is 17.0 Å². The topological polar surface area (TPSA) is 66.0 Å². The minimum Gasteiger partial charge on any atom is -0.476 e. The molecule has 4 nitrogen and oxygen atoms in total. The van der Waals surface area contributed by atoms with Gasteiger partial charge in [0.25, 0.3) is 0 Å². The molecule has 0 saturated heterocycles. The molecule has 0 amide bonds. The minimum atomic E-state index is -0.899. The highest BCUT2D eigenvalue weighted by Crippen LogP contribution is 2.53. The second-order valence-electron chi connectivity index (χ2n) is 5.00. The molecule has 0 bridgehead atoms. The molecule has 2 saturated carbocycles. The Balaban J connectivity index is 2.10. The molecule has 0 aliphatic heterocycles. The zero-order valence-corrected chi connectivity index (χ0v) is 8.71. The van der Waals surface area contributed by atoms with Crippen molar-refractivity contribution < 1.29 is 9.90 Å². The summed E-state index contributed by atoms with van der Waals surface area (Å²) >= 11 is 0. The number of carboxylic acids is 1. The van der Waals surface area contributed by atoms with Crippen molar-refractivity contribution in [2.24, 2.45) is 0 Å². The van der Waals surface area contributed by atoms with Gasteiger partial charge in [-0.25, -0.2) is 4.79 Å². The van der Waals surface area contributed by atoms with Gasteiger partial charge < -0.3 is 5.11 Å². The first-order valence-electron chi connectivity index (χ1n) is 5.44. The summed E-state index contributed by atoms with van der Waals surface area (Å²) in [5, 5.41) is 16.0. The summed E-state index contributed by atoms with van der Waals surface area (Å²) in [6, 6.07) is 0. The molecule has 2 N–H and O–H groups in total. The summed E-state index contributed by atoms with van der Waals surface area (Å²) in [5.74, 6) is -0.453. The lowest BCUT2D eigenvalue weighted by Gasteiger charge is -2.08. The van der Waals surface area contributed by atoms with Crippen molar-refractivity contribution >= 4 is 5.97 Å². The second kappa shape index (κ2) is 2.62. The molecule has 0 radical (unpaired) electrons. The molecule has 0 unspecified atom stereocenters. The van der Waals surface area contributed by atoms with Crippen LogP contribution in [0.4, 0.5) is 0 Å². The smallest absolute Gasteiger partial charge is 0.356 e. The molecule has 0 aromatic carbocycles. The molecule has 0 atom stereocenters. The number of hydrogen-bond acceptors (Lipinski definition) is 2. The Kier molecular flexibility index (Phi) is 1.56. The van der Waals surface area contributed by atoms with Crippen LogP contribution in [0.3, 0.4) is 0 Å². The van der Waals surface area contributed by atoms with Crippen LogP contribution < -0.4 is 0 Å². The van der Waals surface area contributed by atoms with Crippen LogP contribution in [0.15, 0.2) is 0 Å². The van der Waals surface area contributed by atoms with E-state index in [2.05, 4.69) is 17.1 Å². The lowest BCUT2D eigenvalue weighted by molar-refractivity contribution is 0.0689. The van der Waals surface area contributed by atoms with Crippen LogP contribution in [0.25, 0.3) is 0 Å². The molecule has 3 rings (SSSR count). The third-order valence-electron chi connectivity index (χ3n) is 3.60. The van der Waals surface area contributed by atoms with E-state index < -0.39 is 5.97 Å². The van der Waals surface area contributed by atoms with Crippen LogP contribution in [-0.2, 0) is 5.41 Å². The third-order valence-corrected chi connectivity index (χ3v) is 3.60. The fourth-order valence-corrected chi connectivity index (χ4v) is 2.18. The highest BCUT2D eigenvalue weighted by atomic mass is 16.4. The van der Waals surface area contributed by atoms with E-state index in [0.717, 1.165) is 36.9 Å². The van der Waals surface area contributed by atoms with Gasteiger partial charge in [-0.15, -0.1) is 0 Å². The Morgan fingerprint density at radius 3 is 2.67 bits per heavy atom. The molecule has 2 aliphatic rings. The van der Waals surface area contributed by atoms with Gasteiger partial charge in [0.05, 0.1) is 0 Å². The van der Waals surface area contributed by atoms with Gasteiger partial charge in [-0.05, 0) is 31.6 Å². The van der Waals surface area contributed by atoms with Crippen molar-refractivity contribution in [3.63, 3.8) is 0 Å². The number of aromatic nitrogens is 2. The molecule has 1 heterocycles. The van der Waals surface area contributed by atoms with Crippen molar-refractivity contribution in [2.45, 2.75) is 43.9 Å². The fourth-order valence-electron chi connectivity index (χ4n) is 2.18. The Morgan fingerprint density at radius 1 is 1.53 bits per heavy atom. The van der Waals surface area contributed by atoms with E-state index >= 15 is 0 Å². The molecule has 80 valence electrons. The number of carboxylic acid groups (broad SMARTS) is 1.